The number of hydrogen-bond donors (Lipinski definition) is 1. The number of nitrogens with two attached hydrogens (primary N) is 1. The van der Waals surface area contributed by atoms with Crippen molar-refractivity contribution in [1.82, 2.24) is 25.0 Å². The number of aryl methyl sites for hydroxylation is 1. The molecule has 0 amide bonds. The summed E-state index contributed by atoms with van der Waals surface area (Å²) in [4.78, 5) is 20.1. The number of anilines is 2. The summed E-state index contributed by atoms with van der Waals surface area (Å²) in [5.41, 5.74) is 7.72. The summed E-state index contributed by atoms with van der Waals surface area (Å²) in [6.07, 6.45) is 6.53. The summed E-state index contributed by atoms with van der Waals surface area (Å²) >= 11 is 1.50. The number of nitrogens with zero attached hydrogens (tertiary/aromatic N) is 7. The summed E-state index contributed by atoms with van der Waals surface area (Å²) in [6, 6.07) is 4.38. The van der Waals surface area contributed by atoms with Crippen molar-refractivity contribution in [3.8, 4) is 17.6 Å². The van der Waals surface area contributed by atoms with Gasteiger partial charge in [-0.25, -0.2) is 9.97 Å². The molecule has 0 bridgehead atoms. The van der Waals surface area contributed by atoms with Crippen LogP contribution >= 0.6 is 11.3 Å². The number of nitriles is 1. The van der Waals surface area contributed by atoms with E-state index >= 15 is 0 Å². The number of aromatic nitrogens is 4. The third-order valence-electron chi connectivity index (χ3n) is 7.53. The van der Waals surface area contributed by atoms with Gasteiger partial charge in [0.2, 0.25) is 17.7 Å². The predicted molar refractivity (Wildman–Crippen MR) is 143 cm³/mol. The van der Waals surface area contributed by atoms with Gasteiger partial charge in [0.15, 0.2) is 0 Å². The lowest BCUT2D eigenvalue weighted by atomic mass is 9.72. The van der Waals surface area contributed by atoms with Gasteiger partial charge in [-0.2, -0.15) is 10.2 Å². The molecule has 3 aromatic rings. The third kappa shape index (κ3) is 4.93. The molecule has 5 rings (SSSR count). The molecule has 37 heavy (non-hydrogen) atoms. The first-order valence-electron chi connectivity index (χ1n) is 12.9. The second kappa shape index (κ2) is 10.7. The average Bonchev–Trinajstić information content (AvgIpc) is 3.47. The lowest BCUT2D eigenvalue weighted by molar-refractivity contribution is 0.172. The first kappa shape index (κ1) is 25.6. The van der Waals surface area contributed by atoms with Crippen molar-refractivity contribution in [3.63, 3.8) is 0 Å². The number of thiophene rings is 1. The quantitative estimate of drug-likeness (QED) is 0.459. The minimum atomic E-state index is -0.556. The average molecular weight is 523 g/mol. The molecule has 0 unspecified atom stereocenters. The van der Waals surface area contributed by atoms with Crippen LogP contribution in [0.25, 0.3) is 11.5 Å². The van der Waals surface area contributed by atoms with Crippen LogP contribution in [0.4, 0.5) is 10.9 Å². The van der Waals surface area contributed by atoms with Crippen LogP contribution in [0, 0.1) is 11.3 Å². The fourth-order valence-corrected chi connectivity index (χ4v) is 6.84. The van der Waals surface area contributed by atoms with Crippen LogP contribution in [-0.4, -0.2) is 70.9 Å². The number of ether oxygens (including phenoxy) is 1. The standard InChI is InChI=1S/C26H34N8O2S/c1-17-16-33(12-6-14-35-3)11-5-13-34(17)25-29-10-8-19(30-25)23-31-24(36-32-23)26(2)9-4-7-20-21(26)18(15-27)22(28)37-20/h8,10,17H,4-7,9,11-14,16,28H2,1-3H3/t17-,26-/m0/s1. The fraction of sp³-hybridized carbons (Fsp3) is 0.577. The zero-order valence-corrected chi connectivity index (χ0v) is 22.6. The van der Waals surface area contributed by atoms with Gasteiger partial charge in [-0.1, -0.05) is 5.16 Å². The van der Waals surface area contributed by atoms with E-state index in [1.165, 1.54) is 11.3 Å². The SMILES string of the molecule is COCCCN1CCCN(c2nccc(-c3noc([C@@]4(C)CCCc5sc(N)c(C#N)c54)n3)n2)[C@@H](C)C1. The van der Waals surface area contributed by atoms with E-state index < -0.39 is 5.41 Å². The zero-order valence-electron chi connectivity index (χ0n) is 21.7. The number of methoxy groups -OCH3 is 1. The number of rotatable bonds is 7. The maximum Gasteiger partial charge on any atom is 0.237 e. The molecule has 1 saturated heterocycles. The van der Waals surface area contributed by atoms with Crippen molar-refractivity contribution < 1.29 is 9.26 Å². The normalized spacial score (nSPS) is 22.4. The van der Waals surface area contributed by atoms with Crippen molar-refractivity contribution in [1.29, 1.82) is 5.26 Å². The van der Waals surface area contributed by atoms with E-state index in [9.17, 15) is 5.26 Å². The Balaban J connectivity index is 1.38. The third-order valence-corrected chi connectivity index (χ3v) is 8.61. The lowest BCUT2D eigenvalue weighted by Crippen LogP contribution is -2.40. The Hall–Kier alpha value is -3.07. The van der Waals surface area contributed by atoms with E-state index in [-0.39, 0.29) is 6.04 Å². The molecule has 1 aliphatic heterocycles. The van der Waals surface area contributed by atoms with Gasteiger partial charge >= 0.3 is 0 Å². The Labute approximate surface area is 221 Å². The van der Waals surface area contributed by atoms with Gasteiger partial charge in [0.05, 0.1) is 11.0 Å². The number of hydrogen-bond acceptors (Lipinski definition) is 11. The first-order chi connectivity index (χ1) is 17.9. The van der Waals surface area contributed by atoms with Crippen molar-refractivity contribution >= 4 is 22.3 Å². The first-order valence-corrected chi connectivity index (χ1v) is 13.7. The summed E-state index contributed by atoms with van der Waals surface area (Å²) in [5.74, 6) is 1.60. The van der Waals surface area contributed by atoms with Crippen LogP contribution in [0.5, 0.6) is 0 Å². The second-order valence-electron chi connectivity index (χ2n) is 10.1. The Morgan fingerprint density at radius 1 is 1.32 bits per heavy atom. The van der Waals surface area contributed by atoms with Crippen molar-refractivity contribution in [2.75, 3.05) is 50.5 Å². The minimum absolute atomic E-state index is 0.272. The van der Waals surface area contributed by atoms with Crippen LogP contribution in [0.3, 0.4) is 0 Å². The Morgan fingerprint density at radius 2 is 2.19 bits per heavy atom. The smallest absolute Gasteiger partial charge is 0.237 e. The summed E-state index contributed by atoms with van der Waals surface area (Å²) < 4.78 is 11.0. The number of fused-ring (bicyclic) bond motifs is 1. The molecule has 10 nitrogen and oxygen atoms in total. The summed E-state index contributed by atoms with van der Waals surface area (Å²) in [5, 5.41) is 14.6. The largest absolute Gasteiger partial charge is 0.389 e. The maximum absolute atomic E-state index is 9.77. The van der Waals surface area contributed by atoms with Crippen LogP contribution in [0.2, 0.25) is 0 Å². The molecule has 2 aliphatic rings. The molecule has 3 aromatic heterocycles. The molecule has 0 saturated carbocycles. The van der Waals surface area contributed by atoms with Crippen LogP contribution in [0.1, 0.15) is 61.4 Å². The number of nitrogen functional groups attached to an aromatic ring is 1. The van der Waals surface area contributed by atoms with E-state index in [0.717, 1.165) is 75.3 Å². The fourth-order valence-electron chi connectivity index (χ4n) is 5.65. The van der Waals surface area contributed by atoms with Gasteiger partial charge in [0, 0.05) is 56.0 Å². The highest BCUT2D eigenvalue weighted by atomic mass is 32.1. The molecule has 1 fully saturated rings. The van der Waals surface area contributed by atoms with Crippen LogP contribution in [0.15, 0.2) is 16.8 Å². The minimum Gasteiger partial charge on any atom is -0.389 e. The van der Waals surface area contributed by atoms with Gasteiger partial charge in [0.1, 0.15) is 16.8 Å². The monoisotopic (exact) mass is 522 g/mol. The van der Waals surface area contributed by atoms with Crippen molar-refractivity contribution in [2.24, 2.45) is 0 Å². The summed E-state index contributed by atoms with van der Waals surface area (Å²) in [6.45, 7) is 9.00. The highest BCUT2D eigenvalue weighted by Crippen LogP contribution is 2.48. The van der Waals surface area contributed by atoms with Crippen molar-refractivity contribution in [2.45, 2.75) is 57.4 Å². The molecule has 2 atom stereocenters. The van der Waals surface area contributed by atoms with Crippen molar-refractivity contribution in [3.05, 3.63) is 34.2 Å². The van der Waals surface area contributed by atoms with Gasteiger partial charge in [-0.15, -0.1) is 11.3 Å². The Morgan fingerprint density at radius 3 is 3.00 bits per heavy atom. The molecule has 0 aromatic carbocycles. The molecular formula is C26H34N8O2S. The predicted octanol–water partition coefficient (Wildman–Crippen LogP) is 3.62. The highest BCUT2D eigenvalue weighted by molar-refractivity contribution is 7.16. The van der Waals surface area contributed by atoms with E-state index in [0.29, 0.717) is 33.9 Å². The molecule has 196 valence electrons. The molecular weight excluding hydrogens is 488 g/mol. The molecule has 0 radical (unpaired) electrons. The van der Waals surface area contributed by atoms with Gasteiger partial charge < -0.3 is 24.8 Å². The van der Waals surface area contributed by atoms with Gasteiger partial charge in [0.25, 0.3) is 0 Å². The molecule has 2 N–H and O–H groups in total. The molecule has 0 spiro atoms. The Bertz CT molecular complexity index is 1280. The topological polar surface area (TPSA) is 130 Å². The molecule has 11 heteroatoms. The molecule has 4 heterocycles. The lowest BCUT2D eigenvalue weighted by Gasteiger charge is -2.30. The van der Waals surface area contributed by atoms with Gasteiger partial charge in [-0.05, 0) is 58.6 Å². The van der Waals surface area contributed by atoms with E-state index in [1.54, 1.807) is 13.3 Å². The Kier molecular flexibility index (Phi) is 7.42. The van der Waals surface area contributed by atoms with E-state index in [1.807, 2.05) is 6.07 Å². The maximum atomic E-state index is 9.77. The summed E-state index contributed by atoms with van der Waals surface area (Å²) in [7, 11) is 1.75. The second-order valence-corrected chi connectivity index (χ2v) is 11.3. The zero-order chi connectivity index (χ0) is 26.0. The van der Waals surface area contributed by atoms with Gasteiger partial charge in [-0.3, -0.25) is 0 Å². The van der Waals surface area contributed by atoms with Crippen LogP contribution in [-0.2, 0) is 16.6 Å². The van der Waals surface area contributed by atoms with Crippen LogP contribution < -0.4 is 10.6 Å². The highest BCUT2D eigenvalue weighted by Gasteiger charge is 2.43. The molecule has 1 aliphatic carbocycles. The van der Waals surface area contributed by atoms with E-state index in [2.05, 4.69) is 39.9 Å². The van der Waals surface area contributed by atoms with E-state index in [4.69, 9.17) is 25.0 Å².